The molecule has 5 nitrogen and oxygen atoms in total. The average Bonchev–Trinajstić information content (AvgIpc) is 3.98. The zero-order valence-corrected chi connectivity index (χ0v) is 29.4. The van der Waals surface area contributed by atoms with Crippen molar-refractivity contribution in [1.82, 2.24) is 18.9 Å². The summed E-state index contributed by atoms with van der Waals surface area (Å²) in [5, 5.41) is 8.30. The number of fused-ring (bicyclic) bond motifs is 13. The van der Waals surface area contributed by atoms with Crippen LogP contribution >= 0.6 is 0 Å². The molecule has 0 saturated heterocycles. The van der Waals surface area contributed by atoms with Gasteiger partial charge in [0.15, 0.2) is 5.65 Å². The highest BCUT2D eigenvalue weighted by atomic mass is 16.3. The Hall–Kier alpha value is -7.50. The minimum absolute atomic E-state index is 0.899. The van der Waals surface area contributed by atoms with Crippen molar-refractivity contribution in [2.75, 3.05) is 0 Å². The van der Waals surface area contributed by atoms with Crippen LogP contribution in [0.5, 0.6) is 0 Å². The molecule has 0 N–H and O–H groups in total. The van der Waals surface area contributed by atoms with E-state index in [1.54, 1.807) is 0 Å². The minimum Gasteiger partial charge on any atom is -0.456 e. The second kappa shape index (κ2) is 10.6. The molecule has 0 saturated carbocycles. The van der Waals surface area contributed by atoms with E-state index in [0.29, 0.717) is 0 Å². The quantitative estimate of drug-likeness (QED) is 0.184. The maximum Gasteiger partial charge on any atom is 0.165 e. The van der Waals surface area contributed by atoms with Crippen LogP contribution in [0.3, 0.4) is 0 Å². The molecule has 5 heterocycles. The van der Waals surface area contributed by atoms with Crippen LogP contribution in [0, 0.1) is 0 Å². The molecule has 5 aromatic heterocycles. The maximum atomic E-state index is 6.14. The minimum atomic E-state index is 0.899. The SMILES string of the molecule is c1ccc2nc3c(nc2c1)c1cc(-c2ccc(-n4c5ccccc5c5ccc(-c6ccc7oc8ccccc8c7c6)cc54)cc2)cc2c4ccccc4n3c21. The molecule has 0 atom stereocenters. The normalized spacial score (nSPS) is 12.4. The Balaban J connectivity index is 0.985. The summed E-state index contributed by atoms with van der Waals surface area (Å²) in [6, 6.07) is 60.8. The van der Waals surface area contributed by atoms with Gasteiger partial charge in [-0.15, -0.1) is 0 Å². The number of rotatable bonds is 3. The molecular formula is C50H28N4O. The van der Waals surface area contributed by atoms with Gasteiger partial charge >= 0.3 is 0 Å². The third kappa shape index (κ3) is 3.96. The predicted octanol–water partition coefficient (Wildman–Crippen LogP) is 13.1. The van der Waals surface area contributed by atoms with Gasteiger partial charge in [-0.3, -0.25) is 4.40 Å². The lowest BCUT2D eigenvalue weighted by Gasteiger charge is -2.11. The molecule has 0 radical (unpaired) electrons. The van der Waals surface area contributed by atoms with Gasteiger partial charge in [0.2, 0.25) is 0 Å². The molecule has 13 rings (SSSR count). The van der Waals surface area contributed by atoms with Gasteiger partial charge in [0.1, 0.15) is 16.7 Å². The molecule has 5 heteroatoms. The van der Waals surface area contributed by atoms with Gasteiger partial charge in [0.25, 0.3) is 0 Å². The summed E-state index contributed by atoms with van der Waals surface area (Å²) in [5.41, 5.74) is 15.9. The maximum absolute atomic E-state index is 6.14. The first kappa shape index (κ1) is 29.0. The highest BCUT2D eigenvalue weighted by Gasteiger charge is 2.21. The fraction of sp³-hybridized carbons (Fsp3) is 0. The number of aromatic nitrogens is 4. The van der Waals surface area contributed by atoms with Crippen molar-refractivity contribution < 1.29 is 4.42 Å². The predicted molar refractivity (Wildman–Crippen MR) is 227 cm³/mol. The van der Waals surface area contributed by atoms with Crippen molar-refractivity contribution in [2.45, 2.75) is 0 Å². The number of hydrogen-bond donors (Lipinski definition) is 0. The van der Waals surface area contributed by atoms with E-state index in [-0.39, 0.29) is 0 Å². The second-order valence-corrected chi connectivity index (χ2v) is 14.6. The van der Waals surface area contributed by atoms with Crippen molar-refractivity contribution in [3.05, 3.63) is 170 Å². The van der Waals surface area contributed by atoms with Crippen molar-refractivity contribution in [3.63, 3.8) is 0 Å². The number of para-hydroxylation sites is 5. The average molecular weight is 701 g/mol. The van der Waals surface area contributed by atoms with E-state index in [1.807, 2.05) is 36.4 Å². The summed E-state index contributed by atoms with van der Waals surface area (Å²) in [5.74, 6) is 0. The van der Waals surface area contributed by atoms with Crippen LogP contribution < -0.4 is 0 Å². The van der Waals surface area contributed by atoms with Gasteiger partial charge in [-0.25, -0.2) is 9.97 Å². The molecule has 254 valence electrons. The van der Waals surface area contributed by atoms with Crippen LogP contribution in [0.4, 0.5) is 0 Å². The van der Waals surface area contributed by atoms with Gasteiger partial charge < -0.3 is 8.98 Å². The lowest BCUT2D eigenvalue weighted by molar-refractivity contribution is 0.669. The third-order valence-corrected chi connectivity index (χ3v) is 11.6. The second-order valence-electron chi connectivity index (χ2n) is 14.6. The van der Waals surface area contributed by atoms with Gasteiger partial charge in [-0.2, -0.15) is 0 Å². The topological polar surface area (TPSA) is 48.3 Å². The van der Waals surface area contributed by atoms with Crippen molar-refractivity contribution in [1.29, 1.82) is 0 Å². The number of furan rings is 1. The highest BCUT2D eigenvalue weighted by Crippen LogP contribution is 2.42. The summed E-state index contributed by atoms with van der Waals surface area (Å²) >= 11 is 0. The number of nitrogens with zero attached hydrogens (tertiary/aromatic N) is 4. The monoisotopic (exact) mass is 700 g/mol. The van der Waals surface area contributed by atoms with E-state index in [2.05, 4.69) is 142 Å². The standard InChI is InChI=1S/C50H28N4O/c1-6-14-43-34(9-1)36-23-19-31(30-20-24-47-38(25-30)37-11-3-8-16-46(37)55-47)28-45(36)53(43)33-21-17-29(18-22-33)32-26-39-35-10-2-7-15-44(35)54-49(39)40(27-32)48-50(54)52-42-13-5-4-12-41(42)51-48/h1-28H. The third-order valence-electron chi connectivity index (χ3n) is 11.6. The Morgan fingerprint density at radius 2 is 0.982 bits per heavy atom. The van der Waals surface area contributed by atoms with Crippen LogP contribution in [-0.4, -0.2) is 18.9 Å². The van der Waals surface area contributed by atoms with Crippen LogP contribution in [0.1, 0.15) is 0 Å². The van der Waals surface area contributed by atoms with Crippen molar-refractivity contribution in [2.24, 2.45) is 0 Å². The van der Waals surface area contributed by atoms with Crippen molar-refractivity contribution >= 4 is 93.1 Å². The smallest absolute Gasteiger partial charge is 0.165 e. The lowest BCUT2D eigenvalue weighted by atomic mass is 10.00. The van der Waals surface area contributed by atoms with Crippen molar-refractivity contribution in [3.8, 4) is 27.9 Å². The summed E-state index contributed by atoms with van der Waals surface area (Å²) in [7, 11) is 0. The molecular weight excluding hydrogens is 673 g/mol. The summed E-state index contributed by atoms with van der Waals surface area (Å²) < 4.78 is 10.8. The highest BCUT2D eigenvalue weighted by molar-refractivity contribution is 6.23. The molecule has 55 heavy (non-hydrogen) atoms. The molecule has 0 fully saturated rings. The fourth-order valence-corrected chi connectivity index (χ4v) is 9.13. The van der Waals surface area contributed by atoms with E-state index in [1.165, 1.54) is 43.7 Å². The van der Waals surface area contributed by atoms with E-state index in [4.69, 9.17) is 14.4 Å². The zero-order valence-electron chi connectivity index (χ0n) is 29.4. The molecule has 0 aliphatic carbocycles. The molecule has 0 aliphatic rings. The first-order valence-electron chi connectivity index (χ1n) is 18.7. The molecule has 0 bridgehead atoms. The number of hydrogen-bond acceptors (Lipinski definition) is 3. The van der Waals surface area contributed by atoms with E-state index in [0.717, 1.165) is 77.4 Å². The molecule has 8 aromatic carbocycles. The Labute approximate surface area is 313 Å². The molecule has 0 amide bonds. The Morgan fingerprint density at radius 1 is 0.382 bits per heavy atom. The van der Waals surface area contributed by atoms with Gasteiger partial charge in [0, 0.05) is 43.4 Å². The summed E-state index contributed by atoms with van der Waals surface area (Å²) in [6.45, 7) is 0. The van der Waals surface area contributed by atoms with Gasteiger partial charge in [-0.1, -0.05) is 97.1 Å². The first-order chi connectivity index (χ1) is 27.2. The van der Waals surface area contributed by atoms with Gasteiger partial charge in [0.05, 0.1) is 33.1 Å². The number of benzene rings is 8. The molecule has 13 aromatic rings. The van der Waals surface area contributed by atoms with Crippen LogP contribution in [-0.2, 0) is 0 Å². The zero-order chi connectivity index (χ0) is 35.8. The van der Waals surface area contributed by atoms with Crippen LogP contribution in [0.2, 0.25) is 0 Å². The Morgan fingerprint density at radius 3 is 1.84 bits per heavy atom. The Bertz CT molecular complexity index is 3720. The summed E-state index contributed by atoms with van der Waals surface area (Å²) in [6.07, 6.45) is 0. The fourth-order valence-electron chi connectivity index (χ4n) is 9.13. The van der Waals surface area contributed by atoms with Crippen LogP contribution in [0.25, 0.3) is 121 Å². The van der Waals surface area contributed by atoms with Gasteiger partial charge in [-0.05, 0) is 95.1 Å². The van der Waals surface area contributed by atoms with Crippen LogP contribution in [0.15, 0.2) is 174 Å². The largest absolute Gasteiger partial charge is 0.456 e. The molecule has 0 spiro atoms. The van der Waals surface area contributed by atoms with E-state index < -0.39 is 0 Å². The van der Waals surface area contributed by atoms with E-state index >= 15 is 0 Å². The molecule has 0 aliphatic heterocycles. The van der Waals surface area contributed by atoms with E-state index in [9.17, 15) is 0 Å². The Kier molecular flexibility index (Phi) is 5.57. The summed E-state index contributed by atoms with van der Waals surface area (Å²) in [4.78, 5) is 10.3. The first-order valence-corrected chi connectivity index (χ1v) is 18.7. The lowest BCUT2D eigenvalue weighted by Crippen LogP contribution is -1.94. The molecule has 0 unspecified atom stereocenters.